The van der Waals surface area contributed by atoms with Crippen LogP contribution in [0.3, 0.4) is 0 Å². The minimum Gasteiger partial charge on any atom is -0.364 e. The first kappa shape index (κ1) is 22.3. The molecular weight excluding hydrogens is 418 g/mol. The molecule has 0 aliphatic carbocycles. The van der Waals surface area contributed by atoms with Crippen molar-refractivity contribution < 1.29 is 9.59 Å². The maximum absolute atomic E-state index is 12.6. The van der Waals surface area contributed by atoms with Crippen molar-refractivity contribution in [1.82, 2.24) is 24.4 Å². The summed E-state index contributed by atoms with van der Waals surface area (Å²) in [6, 6.07) is 5.48. The van der Waals surface area contributed by atoms with Gasteiger partial charge in [0, 0.05) is 63.1 Å². The number of nitrogens with zero attached hydrogens (tertiary/aromatic N) is 6. The van der Waals surface area contributed by atoms with E-state index in [0.29, 0.717) is 44.1 Å². The van der Waals surface area contributed by atoms with Crippen molar-refractivity contribution in [3.63, 3.8) is 0 Å². The number of piperazine rings is 1. The number of hydrogen-bond acceptors (Lipinski definition) is 6. The van der Waals surface area contributed by atoms with E-state index in [1.165, 1.54) is 0 Å². The van der Waals surface area contributed by atoms with Gasteiger partial charge in [-0.05, 0) is 31.0 Å². The van der Waals surface area contributed by atoms with Crippen LogP contribution in [0.1, 0.15) is 41.7 Å². The van der Waals surface area contributed by atoms with Crippen LogP contribution in [-0.2, 0) is 11.3 Å². The summed E-state index contributed by atoms with van der Waals surface area (Å²) in [6.45, 7) is 3.54. The lowest BCUT2D eigenvalue weighted by Gasteiger charge is -2.34. The normalized spacial score (nSPS) is 13.8. The summed E-state index contributed by atoms with van der Waals surface area (Å²) in [5.74, 6) is 2.82. The van der Waals surface area contributed by atoms with Gasteiger partial charge in [-0.3, -0.25) is 9.59 Å². The zero-order valence-electron chi connectivity index (χ0n) is 18.5. The van der Waals surface area contributed by atoms with Gasteiger partial charge in [0.05, 0.1) is 5.56 Å². The van der Waals surface area contributed by atoms with Crippen LogP contribution in [0.15, 0.2) is 36.8 Å². The molecule has 33 heavy (non-hydrogen) atoms. The largest absolute Gasteiger partial charge is 0.364 e. The monoisotopic (exact) mass is 445 g/mol. The van der Waals surface area contributed by atoms with Crippen molar-refractivity contribution in [2.75, 3.05) is 31.1 Å². The Morgan fingerprint density at radius 3 is 2.48 bits per heavy atom. The van der Waals surface area contributed by atoms with Gasteiger partial charge in [0.2, 0.25) is 11.9 Å². The van der Waals surface area contributed by atoms with Gasteiger partial charge < -0.3 is 20.1 Å². The molecule has 170 valence electrons. The molecule has 9 heteroatoms. The molecule has 0 aromatic carbocycles. The smallest absolute Gasteiger partial charge is 0.267 e. The van der Waals surface area contributed by atoms with Crippen molar-refractivity contribution in [2.24, 2.45) is 5.73 Å². The Hall–Kier alpha value is -3.93. The molecule has 1 aliphatic heterocycles. The van der Waals surface area contributed by atoms with E-state index in [2.05, 4.69) is 25.8 Å². The molecule has 1 aliphatic rings. The van der Waals surface area contributed by atoms with Crippen LogP contribution < -0.4 is 10.6 Å². The Morgan fingerprint density at radius 1 is 1.03 bits per heavy atom. The molecule has 0 spiro atoms. The highest BCUT2D eigenvalue weighted by molar-refractivity contribution is 5.93. The highest BCUT2D eigenvalue weighted by Gasteiger charge is 2.22. The van der Waals surface area contributed by atoms with E-state index < -0.39 is 5.91 Å². The fourth-order valence-electron chi connectivity index (χ4n) is 3.99. The van der Waals surface area contributed by atoms with Gasteiger partial charge in [0.25, 0.3) is 5.91 Å². The number of fused-ring (bicyclic) bond motifs is 1. The Balaban J connectivity index is 1.18. The lowest BCUT2D eigenvalue weighted by atomic mass is 10.1. The third-order valence-corrected chi connectivity index (χ3v) is 5.87. The molecule has 2 N–H and O–H groups in total. The fourth-order valence-corrected chi connectivity index (χ4v) is 3.99. The molecule has 1 saturated heterocycles. The number of aryl methyl sites for hydroxylation is 1. The summed E-state index contributed by atoms with van der Waals surface area (Å²) in [6.07, 6.45) is 13.9. The van der Waals surface area contributed by atoms with Gasteiger partial charge in [-0.1, -0.05) is 12.3 Å². The number of carbonyl (C=O) groups excluding carboxylic acids is 2. The number of amides is 2. The maximum atomic E-state index is 12.6. The first-order valence-electron chi connectivity index (χ1n) is 11.1. The third-order valence-electron chi connectivity index (χ3n) is 5.87. The molecular formula is C24H27N7O2. The predicted octanol–water partition coefficient (Wildman–Crippen LogP) is 1.82. The average Bonchev–Trinajstić information content (AvgIpc) is 3.26. The minimum absolute atomic E-state index is 0.192. The molecule has 0 atom stereocenters. The molecule has 0 bridgehead atoms. The van der Waals surface area contributed by atoms with Gasteiger partial charge in [0.15, 0.2) is 0 Å². The van der Waals surface area contributed by atoms with Gasteiger partial charge >= 0.3 is 0 Å². The van der Waals surface area contributed by atoms with Gasteiger partial charge in [0.1, 0.15) is 11.3 Å². The highest BCUT2D eigenvalue weighted by atomic mass is 16.2. The highest BCUT2D eigenvalue weighted by Crippen LogP contribution is 2.16. The van der Waals surface area contributed by atoms with Crippen LogP contribution in [0.25, 0.3) is 11.0 Å². The second kappa shape index (κ2) is 10.1. The molecule has 0 saturated carbocycles. The summed E-state index contributed by atoms with van der Waals surface area (Å²) in [5.41, 5.74) is 7.03. The number of hydrogen-bond donors (Lipinski definition) is 1. The number of aromatic nitrogens is 4. The number of unbranched alkanes of at least 4 members (excludes halogenated alkanes) is 2. The van der Waals surface area contributed by atoms with Crippen molar-refractivity contribution in [3.8, 4) is 12.3 Å². The number of primary amides is 1. The Bertz CT molecular complexity index is 1170. The van der Waals surface area contributed by atoms with E-state index in [-0.39, 0.29) is 11.6 Å². The Kier molecular flexibility index (Phi) is 6.83. The molecule has 0 radical (unpaired) electrons. The van der Waals surface area contributed by atoms with Crippen LogP contribution in [0.2, 0.25) is 0 Å². The lowest BCUT2D eigenvalue weighted by Crippen LogP contribution is -2.49. The summed E-state index contributed by atoms with van der Waals surface area (Å²) in [5, 5.41) is 0.978. The van der Waals surface area contributed by atoms with E-state index in [1.807, 2.05) is 27.8 Å². The second-order valence-electron chi connectivity index (χ2n) is 8.08. The number of terminal acetylenes is 1. The molecule has 9 nitrogen and oxygen atoms in total. The van der Waals surface area contributed by atoms with Crippen molar-refractivity contribution in [2.45, 2.75) is 32.2 Å². The molecule has 1 fully saturated rings. The molecule has 3 aromatic heterocycles. The first-order chi connectivity index (χ1) is 16.0. The van der Waals surface area contributed by atoms with Crippen molar-refractivity contribution in [1.29, 1.82) is 0 Å². The number of nitrogens with two attached hydrogens (primary N) is 1. The number of pyridine rings is 1. The molecule has 3 aromatic rings. The number of carbonyl (C=O) groups is 2. The first-order valence-corrected chi connectivity index (χ1v) is 11.1. The van der Waals surface area contributed by atoms with Crippen LogP contribution in [-0.4, -0.2) is 62.4 Å². The van der Waals surface area contributed by atoms with Gasteiger partial charge in [-0.25, -0.2) is 15.0 Å². The van der Waals surface area contributed by atoms with E-state index in [4.69, 9.17) is 12.2 Å². The van der Waals surface area contributed by atoms with E-state index in [0.717, 1.165) is 36.8 Å². The average molecular weight is 446 g/mol. The summed E-state index contributed by atoms with van der Waals surface area (Å²) < 4.78 is 2.03. The standard InChI is InChI=1S/C24H27N7O2/c1-2-18-16-26-24(27-17-18)31-14-12-29(13-15-31)21(32)6-4-3-5-10-30-11-9-19-7-8-20(22(25)33)28-23(19)30/h1,7-9,11,16-17H,3-6,10,12-15H2,(H2,25,33). The minimum atomic E-state index is -0.529. The lowest BCUT2D eigenvalue weighted by molar-refractivity contribution is -0.131. The van der Waals surface area contributed by atoms with Crippen LogP contribution in [0, 0.1) is 12.3 Å². The third kappa shape index (κ3) is 5.29. The molecule has 4 heterocycles. The zero-order valence-corrected chi connectivity index (χ0v) is 18.5. The van der Waals surface area contributed by atoms with E-state index in [1.54, 1.807) is 18.5 Å². The maximum Gasteiger partial charge on any atom is 0.267 e. The zero-order chi connectivity index (χ0) is 23.2. The molecule has 0 unspecified atom stereocenters. The molecule has 2 amide bonds. The van der Waals surface area contributed by atoms with Crippen LogP contribution >= 0.6 is 0 Å². The summed E-state index contributed by atoms with van der Waals surface area (Å²) >= 11 is 0. The predicted molar refractivity (Wildman–Crippen MR) is 125 cm³/mol. The SMILES string of the molecule is C#Cc1cnc(N2CCN(C(=O)CCCCCn3ccc4ccc(C(N)=O)nc43)CC2)nc1. The van der Waals surface area contributed by atoms with Crippen LogP contribution in [0.4, 0.5) is 5.95 Å². The van der Waals surface area contributed by atoms with E-state index in [9.17, 15) is 9.59 Å². The van der Waals surface area contributed by atoms with Crippen LogP contribution in [0.5, 0.6) is 0 Å². The fraction of sp³-hybridized carbons (Fsp3) is 0.375. The number of anilines is 1. The number of rotatable bonds is 8. The summed E-state index contributed by atoms with van der Waals surface area (Å²) in [7, 11) is 0. The van der Waals surface area contributed by atoms with Crippen molar-refractivity contribution in [3.05, 3.63) is 48.0 Å². The van der Waals surface area contributed by atoms with Crippen molar-refractivity contribution >= 4 is 28.8 Å². The molecule has 4 rings (SSSR count). The quantitative estimate of drug-likeness (QED) is 0.418. The Morgan fingerprint density at radius 2 is 1.79 bits per heavy atom. The summed E-state index contributed by atoms with van der Waals surface area (Å²) in [4.78, 5) is 40.9. The topological polar surface area (TPSA) is 110 Å². The van der Waals surface area contributed by atoms with E-state index >= 15 is 0 Å². The second-order valence-corrected chi connectivity index (χ2v) is 8.08. The van der Waals surface area contributed by atoms with Gasteiger partial charge in [-0.2, -0.15) is 0 Å². The van der Waals surface area contributed by atoms with Gasteiger partial charge in [-0.15, -0.1) is 6.42 Å². The Labute approximate surface area is 192 Å².